The van der Waals surface area contributed by atoms with Crippen LogP contribution in [-0.4, -0.2) is 32.2 Å². The van der Waals surface area contributed by atoms with Crippen LogP contribution in [0.5, 0.6) is 0 Å². The second-order valence-corrected chi connectivity index (χ2v) is 7.23. The van der Waals surface area contributed by atoms with Crippen LogP contribution in [0, 0.1) is 0 Å². The first-order valence-corrected chi connectivity index (χ1v) is 8.58. The van der Waals surface area contributed by atoms with E-state index in [0.29, 0.717) is 12.2 Å². The normalized spacial score (nSPS) is 20.9. The van der Waals surface area contributed by atoms with E-state index in [0.717, 1.165) is 5.69 Å². The number of rotatable bonds is 4. The molecule has 6 heteroatoms. The summed E-state index contributed by atoms with van der Waals surface area (Å²) in [6, 6.07) is 13.0. The maximum Gasteiger partial charge on any atom is 0.152 e. The standard InChI is InChI=1S/C15H16N2O3S/c18-21(19)10-8-14(12-21)17(13-5-2-1-3-6-13)16-11-15-7-4-9-20-15/h1-7,9,11,14H,8,10,12H2/b16-11-/t14-/m1/s1. The number of hydrazone groups is 1. The third-order valence-corrected chi connectivity index (χ3v) is 5.18. The molecule has 1 aliphatic rings. The molecule has 0 radical (unpaired) electrons. The molecule has 1 atom stereocenters. The van der Waals surface area contributed by atoms with Gasteiger partial charge in [-0.05, 0) is 30.7 Å². The molecule has 110 valence electrons. The highest BCUT2D eigenvalue weighted by molar-refractivity contribution is 7.91. The molecular weight excluding hydrogens is 288 g/mol. The van der Waals surface area contributed by atoms with Crippen molar-refractivity contribution >= 4 is 21.7 Å². The molecule has 5 nitrogen and oxygen atoms in total. The smallest absolute Gasteiger partial charge is 0.152 e. The van der Waals surface area contributed by atoms with Crippen molar-refractivity contribution in [3.63, 3.8) is 0 Å². The van der Waals surface area contributed by atoms with Gasteiger partial charge >= 0.3 is 0 Å². The van der Waals surface area contributed by atoms with E-state index in [9.17, 15) is 8.42 Å². The molecular formula is C15H16N2O3S. The van der Waals surface area contributed by atoms with Gasteiger partial charge in [0.15, 0.2) is 9.84 Å². The summed E-state index contributed by atoms with van der Waals surface area (Å²) < 4.78 is 28.7. The first-order valence-electron chi connectivity index (χ1n) is 6.76. The van der Waals surface area contributed by atoms with Gasteiger partial charge in [-0.1, -0.05) is 18.2 Å². The zero-order chi connectivity index (χ0) is 14.7. The van der Waals surface area contributed by atoms with Crippen LogP contribution < -0.4 is 5.01 Å². The molecule has 0 spiro atoms. The topological polar surface area (TPSA) is 62.9 Å². The third-order valence-electron chi connectivity index (χ3n) is 3.43. The molecule has 3 rings (SSSR count). The Morgan fingerprint density at radius 1 is 1.19 bits per heavy atom. The minimum absolute atomic E-state index is 0.136. The van der Waals surface area contributed by atoms with Gasteiger partial charge in [0.1, 0.15) is 5.76 Å². The monoisotopic (exact) mass is 304 g/mol. The second-order valence-electron chi connectivity index (χ2n) is 5.00. The van der Waals surface area contributed by atoms with Crippen LogP contribution in [0.1, 0.15) is 12.2 Å². The molecule has 0 bridgehead atoms. The second kappa shape index (κ2) is 5.73. The van der Waals surface area contributed by atoms with E-state index in [1.165, 1.54) is 0 Å². The summed E-state index contributed by atoms with van der Waals surface area (Å²) in [4.78, 5) is 0. The molecule has 2 aromatic rings. The number of hydrogen-bond donors (Lipinski definition) is 0. The summed E-state index contributed by atoms with van der Waals surface area (Å²) in [6.45, 7) is 0. The largest absolute Gasteiger partial charge is 0.463 e. The third kappa shape index (κ3) is 3.33. The van der Waals surface area contributed by atoms with Crippen LogP contribution in [-0.2, 0) is 9.84 Å². The van der Waals surface area contributed by atoms with Gasteiger partial charge in [0.05, 0.1) is 35.7 Å². The van der Waals surface area contributed by atoms with Crippen molar-refractivity contribution in [2.45, 2.75) is 12.5 Å². The maximum atomic E-state index is 11.7. The number of benzene rings is 1. The molecule has 0 amide bonds. The van der Waals surface area contributed by atoms with Crippen LogP contribution in [0.2, 0.25) is 0 Å². The van der Waals surface area contributed by atoms with E-state index in [2.05, 4.69) is 5.10 Å². The molecule has 0 N–H and O–H groups in total. The Kier molecular flexibility index (Phi) is 3.79. The summed E-state index contributed by atoms with van der Waals surface area (Å²) in [5, 5.41) is 6.21. The Bertz CT molecular complexity index is 709. The van der Waals surface area contributed by atoms with Gasteiger partial charge in [-0.25, -0.2) is 8.42 Å². The van der Waals surface area contributed by atoms with Crippen molar-refractivity contribution in [3.8, 4) is 0 Å². The fraction of sp³-hybridized carbons (Fsp3) is 0.267. The van der Waals surface area contributed by atoms with Crippen LogP contribution in [0.3, 0.4) is 0 Å². The van der Waals surface area contributed by atoms with Crippen molar-refractivity contribution in [3.05, 3.63) is 54.5 Å². The van der Waals surface area contributed by atoms with Crippen molar-refractivity contribution in [1.82, 2.24) is 0 Å². The Labute approximate surface area is 123 Å². The predicted molar refractivity (Wildman–Crippen MR) is 82.3 cm³/mol. The average molecular weight is 304 g/mol. The maximum absolute atomic E-state index is 11.7. The van der Waals surface area contributed by atoms with Crippen molar-refractivity contribution < 1.29 is 12.8 Å². The van der Waals surface area contributed by atoms with Crippen molar-refractivity contribution in [2.75, 3.05) is 16.5 Å². The van der Waals surface area contributed by atoms with Crippen LogP contribution in [0.4, 0.5) is 5.69 Å². The molecule has 0 saturated carbocycles. The van der Waals surface area contributed by atoms with E-state index < -0.39 is 9.84 Å². The zero-order valence-corrected chi connectivity index (χ0v) is 12.2. The molecule has 1 fully saturated rings. The van der Waals surface area contributed by atoms with E-state index in [-0.39, 0.29) is 17.5 Å². The Hall–Kier alpha value is -2.08. The number of nitrogens with zero attached hydrogens (tertiary/aromatic N) is 2. The minimum Gasteiger partial charge on any atom is -0.463 e. The molecule has 1 aliphatic heterocycles. The molecule has 0 aliphatic carbocycles. The number of hydrogen-bond acceptors (Lipinski definition) is 5. The number of para-hydroxylation sites is 1. The van der Waals surface area contributed by atoms with Gasteiger partial charge in [-0.2, -0.15) is 5.10 Å². The molecule has 1 saturated heterocycles. The quantitative estimate of drug-likeness (QED) is 0.642. The van der Waals surface area contributed by atoms with Gasteiger partial charge in [0.2, 0.25) is 0 Å². The lowest BCUT2D eigenvalue weighted by Gasteiger charge is -2.24. The summed E-state index contributed by atoms with van der Waals surface area (Å²) in [5.41, 5.74) is 0.877. The summed E-state index contributed by atoms with van der Waals surface area (Å²) >= 11 is 0. The number of anilines is 1. The lowest BCUT2D eigenvalue weighted by molar-refractivity contribution is 0.559. The lowest BCUT2D eigenvalue weighted by Crippen LogP contribution is -2.31. The SMILES string of the molecule is O=S1(=O)CC[C@@H](N(/N=C\c2ccco2)c2ccccc2)C1. The summed E-state index contributed by atoms with van der Waals surface area (Å²) in [5.74, 6) is 0.992. The van der Waals surface area contributed by atoms with Crippen LogP contribution in [0.25, 0.3) is 0 Å². The zero-order valence-electron chi connectivity index (χ0n) is 11.4. The summed E-state index contributed by atoms with van der Waals surface area (Å²) in [6.07, 6.45) is 3.78. The average Bonchev–Trinajstić information content (AvgIpc) is 3.10. The van der Waals surface area contributed by atoms with Crippen molar-refractivity contribution in [1.29, 1.82) is 0 Å². The van der Waals surface area contributed by atoms with Crippen LogP contribution >= 0.6 is 0 Å². The van der Waals surface area contributed by atoms with E-state index in [1.807, 2.05) is 30.3 Å². The molecule has 2 heterocycles. The van der Waals surface area contributed by atoms with Gasteiger partial charge in [0.25, 0.3) is 0 Å². The Balaban J connectivity index is 1.88. The predicted octanol–water partition coefficient (Wildman–Crippen LogP) is 2.31. The molecule has 21 heavy (non-hydrogen) atoms. The van der Waals surface area contributed by atoms with E-state index in [4.69, 9.17) is 4.42 Å². The molecule has 1 aromatic heterocycles. The number of sulfone groups is 1. The van der Waals surface area contributed by atoms with Gasteiger partial charge in [-0.3, -0.25) is 5.01 Å². The highest BCUT2D eigenvalue weighted by Gasteiger charge is 2.32. The lowest BCUT2D eigenvalue weighted by atomic mass is 10.2. The molecule has 1 aromatic carbocycles. The minimum atomic E-state index is -2.96. The first kappa shape index (κ1) is 13.9. The number of furan rings is 1. The fourth-order valence-corrected chi connectivity index (χ4v) is 4.10. The van der Waals surface area contributed by atoms with E-state index in [1.54, 1.807) is 29.6 Å². The van der Waals surface area contributed by atoms with Gasteiger partial charge < -0.3 is 4.42 Å². The first-order chi connectivity index (χ1) is 10.1. The summed E-state index contributed by atoms with van der Waals surface area (Å²) in [7, 11) is -2.96. The highest BCUT2D eigenvalue weighted by atomic mass is 32.2. The van der Waals surface area contributed by atoms with E-state index >= 15 is 0 Å². The van der Waals surface area contributed by atoms with Gasteiger partial charge in [0, 0.05) is 0 Å². The van der Waals surface area contributed by atoms with Crippen LogP contribution in [0.15, 0.2) is 58.2 Å². The highest BCUT2D eigenvalue weighted by Crippen LogP contribution is 2.24. The molecule has 0 unspecified atom stereocenters. The Morgan fingerprint density at radius 3 is 2.62 bits per heavy atom. The van der Waals surface area contributed by atoms with Gasteiger partial charge in [-0.15, -0.1) is 0 Å². The van der Waals surface area contributed by atoms with Crippen molar-refractivity contribution in [2.24, 2.45) is 5.10 Å². The fourth-order valence-electron chi connectivity index (χ4n) is 2.40. The Morgan fingerprint density at radius 2 is 2.00 bits per heavy atom.